The van der Waals surface area contributed by atoms with Gasteiger partial charge in [0.15, 0.2) is 11.6 Å². The molecule has 2 aromatic heterocycles. The van der Waals surface area contributed by atoms with Gasteiger partial charge in [-0.2, -0.15) is 4.31 Å². The first-order chi connectivity index (χ1) is 10.9. The van der Waals surface area contributed by atoms with Crippen LogP contribution in [-0.4, -0.2) is 47.0 Å². The van der Waals surface area contributed by atoms with Gasteiger partial charge in [0, 0.05) is 6.54 Å². The lowest BCUT2D eigenvalue weighted by Gasteiger charge is -2.16. The smallest absolute Gasteiger partial charge is 0.316 e. The molecule has 1 aliphatic rings. The van der Waals surface area contributed by atoms with Gasteiger partial charge < -0.3 is 9.26 Å². The minimum Gasteiger partial charge on any atom is -0.459 e. The molecule has 124 valence electrons. The van der Waals surface area contributed by atoms with Crippen LogP contribution >= 0.6 is 0 Å². The number of nitrogens with zero attached hydrogens (tertiary/aromatic N) is 4. The summed E-state index contributed by atoms with van der Waals surface area (Å²) in [6, 6.07) is 0.0213. The SMILES string of the molecule is Cc1noc(C)c1S(=O)(=O)N1CC[C@H](Oc2ncc(F)cn2)C1. The summed E-state index contributed by atoms with van der Waals surface area (Å²) in [4.78, 5) is 7.51. The second kappa shape index (κ2) is 5.85. The Labute approximate surface area is 132 Å². The molecule has 8 nitrogen and oxygen atoms in total. The molecule has 0 unspecified atom stereocenters. The Bertz CT molecular complexity index is 786. The zero-order valence-corrected chi connectivity index (χ0v) is 13.4. The highest BCUT2D eigenvalue weighted by Crippen LogP contribution is 2.27. The maximum atomic E-state index is 12.8. The standard InChI is InChI=1S/C13H15FN4O4S/c1-8-12(9(2)22-17-8)23(19,20)18-4-3-11(7-18)21-13-15-5-10(14)6-16-13/h5-6,11H,3-4,7H2,1-2H3/t11-/m0/s1. The maximum absolute atomic E-state index is 12.8. The molecular weight excluding hydrogens is 327 g/mol. The number of aryl methyl sites for hydroxylation is 2. The Morgan fingerprint density at radius 3 is 2.65 bits per heavy atom. The Morgan fingerprint density at radius 2 is 2.04 bits per heavy atom. The largest absolute Gasteiger partial charge is 0.459 e. The number of hydrogen-bond acceptors (Lipinski definition) is 7. The Kier molecular flexibility index (Phi) is 4.02. The van der Waals surface area contributed by atoms with E-state index >= 15 is 0 Å². The van der Waals surface area contributed by atoms with E-state index in [2.05, 4.69) is 15.1 Å². The van der Waals surface area contributed by atoms with Gasteiger partial charge in [0.05, 0.1) is 18.9 Å². The molecule has 0 amide bonds. The lowest BCUT2D eigenvalue weighted by Crippen LogP contribution is -2.31. The number of ether oxygens (including phenoxy) is 1. The van der Waals surface area contributed by atoms with Crippen molar-refractivity contribution in [3.63, 3.8) is 0 Å². The molecule has 1 aliphatic heterocycles. The molecule has 0 radical (unpaired) electrons. The Hall–Kier alpha value is -2.07. The summed E-state index contributed by atoms with van der Waals surface area (Å²) >= 11 is 0. The van der Waals surface area contributed by atoms with Crippen LogP contribution < -0.4 is 4.74 Å². The topological polar surface area (TPSA) is 98.4 Å². The number of aromatic nitrogens is 3. The predicted octanol–water partition coefficient (Wildman–Crippen LogP) is 1.06. The van der Waals surface area contributed by atoms with Crippen LogP contribution in [0, 0.1) is 19.7 Å². The normalized spacial score (nSPS) is 19.2. The second-order valence-electron chi connectivity index (χ2n) is 5.23. The molecular formula is C13H15FN4O4S. The Morgan fingerprint density at radius 1 is 1.35 bits per heavy atom. The Balaban J connectivity index is 1.73. The molecule has 1 saturated heterocycles. The van der Waals surface area contributed by atoms with E-state index in [0.717, 1.165) is 12.4 Å². The summed E-state index contributed by atoms with van der Waals surface area (Å²) in [5, 5.41) is 3.68. The van der Waals surface area contributed by atoms with Gasteiger partial charge in [-0.1, -0.05) is 5.16 Å². The van der Waals surface area contributed by atoms with Crippen LogP contribution in [-0.2, 0) is 10.0 Å². The summed E-state index contributed by atoms with van der Waals surface area (Å²) < 4.78 is 49.9. The summed E-state index contributed by atoms with van der Waals surface area (Å²) in [5.41, 5.74) is 0.328. The molecule has 0 spiro atoms. The summed E-state index contributed by atoms with van der Waals surface area (Å²) in [5.74, 6) is -0.305. The summed E-state index contributed by atoms with van der Waals surface area (Å²) in [6.07, 6.45) is 2.09. The number of halogens is 1. The van der Waals surface area contributed by atoms with E-state index in [9.17, 15) is 12.8 Å². The first kappa shape index (κ1) is 15.8. The fraction of sp³-hybridized carbons (Fsp3) is 0.462. The van der Waals surface area contributed by atoms with E-state index in [0.29, 0.717) is 18.7 Å². The molecule has 0 bridgehead atoms. The maximum Gasteiger partial charge on any atom is 0.316 e. The number of sulfonamides is 1. The second-order valence-corrected chi connectivity index (χ2v) is 7.10. The molecule has 0 saturated carbocycles. The van der Waals surface area contributed by atoms with Crippen LogP contribution in [0.2, 0.25) is 0 Å². The molecule has 23 heavy (non-hydrogen) atoms. The molecule has 1 atom stereocenters. The number of rotatable bonds is 4. The zero-order chi connectivity index (χ0) is 16.6. The van der Waals surface area contributed by atoms with Gasteiger partial charge in [-0.25, -0.2) is 22.8 Å². The van der Waals surface area contributed by atoms with E-state index < -0.39 is 21.9 Å². The minimum atomic E-state index is -3.69. The van der Waals surface area contributed by atoms with Gasteiger partial charge in [-0.05, 0) is 20.3 Å². The lowest BCUT2D eigenvalue weighted by atomic mass is 10.3. The van der Waals surface area contributed by atoms with Crippen LogP contribution in [0.1, 0.15) is 17.9 Å². The van der Waals surface area contributed by atoms with Crippen molar-refractivity contribution in [2.24, 2.45) is 0 Å². The van der Waals surface area contributed by atoms with E-state index in [1.807, 2.05) is 0 Å². The fourth-order valence-electron chi connectivity index (χ4n) is 2.49. The van der Waals surface area contributed by atoms with E-state index in [1.165, 1.54) is 4.31 Å². The van der Waals surface area contributed by atoms with Crippen molar-refractivity contribution >= 4 is 10.0 Å². The van der Waals surface area contributed by atoms with Crippen LogP contribution in [0.4, 0.5) is 4.39 Å². The highest BCUT2D eigenvalue weighted by Gasteiger charge is 2.37. The third-order valence-electron chi connectivity index (χ3n) is 3.54. The molecule has 3 heterocycles. The quantitative estimate of drug-likeness (QED) is 0.819. The average Bonchev–Trinajstić information content (AvgIpc) is 3.09. The molecule has 0 aliphatic carbocycles. The first-order valence-corrected chi connectivity index (χ1v) is 8.39. The van der Waals surface area contributed by atoms with Gasteiger partial charge in [0.25, 0.3) is 0 Å². The van der Waals surface area contributed by atoms with Crippen LogP contribution in [0.3, 0.4) is 0 Å². The van der Waals surface area contributed by atoms with Gasteiger partial charge in [0.1, 0.15) is 16.7 Å². The highest BCUT2D eigenvalue weighted by atomic mass is 32.2. The van der Waals surface area contributed by atoms with Crippen molar-refractivity contribution in [1.29, 1.82) is 0 Å². The van der Waals surface area contributed by atoms with Crippen LogP contribution in [0.15, 0.2) is 21.8 Å². The molecule has 2 aromatic rings. The van der Waals surface area contributed by atoms with Gasteiger partial charge in [-0.15, -0.1) is 0 Å². The summed E-state index contributed by atoms with van der Waals surface area (Å²) in [6.45, 7) is 3.61. The number of hydrogen-bond donors (Lipinski definition) is 0. The molecule has 10 heteroatoms. The molecule has 0 aromatic carbocycles. The fourth-order valence-corrected chi connectivity index (χ4v) is 4.27. The monoisotopic (exact) mass is 342 g/mol. The van der Waals surface area contributed by atoms with Crippen molar-refractivity contribution in [3.05, 3.63) is 29.7 Å². The zero-order valence-electron chi connectivity index (χ0n) is 12.6. The molecule has 0 N–H and O–H groups in total. The van der Waals surface area contributed by atoms with E-state index in [-0.39, 0.29) is 23.2 Å². The summed E-state index contributed by atoms with van der Waals surface area (Å²) in [7, 11) is -3.69. The van der Waals surface area contributed by atoms with E-state index in [4.69, 9.17) is 9.26 Å². The predicted molar refractivity (Wildman–Crippen MR) is 75.8 cm³/mol. The van der Waals surface area contributed by atoms with Crippen molar-refractivity contribution in [3.8, 4) is 6.01 Å². The van der Waals surface area contributed by atoms with Gasteiger partial charge >= 0.3 is 6.01 Å². The van der Waals surface area contributed by atoms with E-state index in [1.54, 1.807) is 13.8 Å². The third kappa shape index (κ3) is 3.04. The first-order valence-electron chi connectivity index (χ1n) is 6.95. The average molecular weight is 342 g/mol. The van der Waals surface area contributed by atoms with Crippen LogP contribution in [0.5, 0.6) is 6.01 Å². The molecule has 3 rings (SSSR count). The van der Waals surface area contributed by atoms with Gasteiger partial charge in [0.2, 0.25) is 10.0 Å². The van der Waals surface area contributed by atoms with Gasteiger partial charge in [-0.3, -0.25) is 0 Å². The van der Waals surface area contributed by atoms with Crippen LogP contribution in [0.25, 0.3) is 0 Å². The van der Waals surface area contributed by atoms with Crippen molar-refractivity contribution in [1.82, 2.24) is 19.4 Å². The molecule has 1 fully saturated rings. The minimum absolute atomic E-state index is 0.0213. The van der Waals surface area contributed by atoms with Crippen molar-refractivity contribution < 1.29 is 22.1 Å². The van der Waals surface area contributed by atoms with Crippen molar-refractivity contribution in [2.45, 2.75) is 31.3 Å². The lowest BCUT2D eigenvalue weighted by molar-refractivity contribution is 0.197. The highest BCUT2D eigenvalue weighted by molar-refractivity contribution is 7.89. The third-order valence-corrected chi connectivity index (χ3v) is 5.65. The van der Waals surface area contributed by atoms with Crippen molar-refractivity contribution in [2.75, 3.05) is 13.1 Å².